The largest absolute Gasteiger partial charge is 0.459 e. The average molecular weight is 567 g/mol. The zero-order chi connectivity index (χ0) is 29.5. The van der Waals surface area contributed by atoms with Gasteiger partial charge >= 0.3 is 5.97 Å². The second-order valence-corrected chi connectivity index (χ2v) is 15.9. The molecule has 0 heterocycles. The van der Waals surface area contributed by atoms with Gasteiger partial charge in [-0.1, -0.05) is 117 Å². The van der Waals surface area contributed by atoms with Crippen molar-refractivity contribution < 1.29 is 9.53 Å². The minimum absolute atomic E-state index is 0.107. The standard InChI is InChI=1S/C39H66O2/c1-7-8-9-10-11-12-13-14-15-19-37(40)41-32-24-26-38(5)31(28-32)20-21-33-35-23-22-34(30(4)18-16-17-29(2)3)39(35,6)27-25-36(33)38/h15,19,21,29-32,34-36H,7-14,16-18,20,22-28H2,1-6H3/t30-,31?,32?,34-,35+,36+,38+,39-/m1/s1. The van der Waals surface area contributed by atoms with Crippen molar-refractivity contribution in [2.75, 3.05) is 0 Å². The Morgan fingerprint density at radius 1 is 0.902 bits per heavy atom. The Bertz CT molecular complexity index is 884. The van der Waals surface area contributed by atoms with E-state index in [9.17, 15) is 4.79 Å². The summed E-state index contributed by atoms with van der Waals surface area (Å²) in [6, 6.07) is 0. The Labute approximate surface area is 254 Å². The van der Waals surface area contributed by atoms with Crippen LogP contribution in [0.15, 0.2) is 23.8 Å². The highest BCUT2D eigenvalue weighted by Gasteiger charge is 2.58. The molecular weight excluding hydrogens is 500 g/mol. The molecule has 4 aliphatic carbocycles. The zero-order valence-electron chi connectivity index (χ0n) is 28.0. The first-order valence-corrected chi connectivity index (χ1v) is 18.3. The summed E-state index contributed by atoms with van der Waals surface area (Å²) in [7, 11) is 0. The monoisotopic (exact) mass is 567 g/mol. The third kappa shape index (κ3) is 7.92. The molecule has 0 saturated heterocycles. The van der Waals surface area contributed by atoms with E-state index in [0.29, 0.717) is 16.7 Å². The van der Waals surface area contributed by atoms with Crippen molar-refractivity contribution in [3.8, 4) is 0 Å². The van der Waals surface area contributed by atoms with Gasteiger partial charge in [0.2, 0.25) is 0 Å². The molecule has 0 radical (unpaired) electrons. The molecule has 0 N–H and O–H groups in total. The number of esters is 1. The topological polar surface area (TPSA) is 26.3 Å². The van der Waals surface area contributed by atoms with Crippen molar-refractivity contribution in [1.29, 1.82) is 0 Å². The third-order valence-electron chi connectivity index (χ3n) is 12.7. The molecule has 0 aliphatic heterocycles. The summed E-state index contributed by atoms with van der Waals surface area (Å²) in [5, 5.41) is 0. The summed E-state index contributed by atoms with van der Waals surface area (Å²) in [4.78, 5) is 12.6. The van der Waals surface area contributed by atoms with E-state index in [4.69, 9.17) is 4.74 Å². The fraction of sp³-hybridized carbons (Fsp3) is 0.872. The quantitative estimate of drug-likeness (QED) is 0.0852. The lowest BCUT2D eigenvalue weighted by Crippen LogP contribution is -2.50. The Hall–Kier alpha value is -1.05. The molecule has 0 bridgehead atoms. The lowest BCUT2D eigenvalue weighted by atomic mass is 9.47. The summed E-state index contributed by atoms with van der Waals surface area (Å²) in [5.41, 5.74) is 2.76. The van der Waals surface area contributed by atoms with Gasteiger partial charge in [0.05, 0.1) is 0 Å². The van der Waals surface area contributed by atoms with Gasteiger partial charge in [0.15, 0.2) is 0 Å². The van der Waals surface area contributed by atoms with Crippen molar-refractivity contribution in [3.05, 3.63) is 23.8 Å². The zero-order valence-corrected chi connectivity index (χ0v) is 28.0. The molecule has 0 aromatic heterocycles. The molecule has 0 aromatic rings. The predicted octanol–water partition coefficient (Wildman–Crippen LogP) is 11.6. The Balaban J connectivity index is 1.26. The number of ether oxygens (including phenoxy) is 1. The molecule has 234 valence electrons. The number of hydrogen-bond acceptors (Lipinski definition) is 2. The van der Waals surface area contributed by atoms with Crippen LogP contribution in [-0.4, -0.2) is 12.1 Å². The van der Waals surface area contributed by atoms with Crippen molar-refractivity contribution in [2.45, 2.75) is 170 Å². The number of allylic oxidation sites excluding steroid dienone is 3. The molecular formula is C39H66O2. The maximum Gasteiger partial charge on any atom is 0.330 e. The maximum atomic E-state index is 12.6. The molecule has 0 aromatic carbocycles. The molecule has 0 spiro atoms. The van der Waals surface area contributed by atoms with E-state index >= 15 is 0 Å². The van der Waals surface area contributed by atoms with Crippen LogP contribution in [0.1, 0.15) is 164 Å². The molecule has 2 unspecified atom stereocenters. The van der Waals surface area contributed by atoms with Gasteiger partial charge in [-0.25, -0.2) is 4.79 Å². The summed E-state index contributed by atoms with van der Waals surface area (Å²) in [5.74, 6) is 4.72. The summed E-state index contributed by atoms with van der Waals surface area (Å²) in [6.45, 7) is 14.9. The number of hydrogen-bond donors (Lipinski definition) is 0. The Morgan fingerprint density at radius 2 is 1.61 bits per heavy atom. The smallest absolute Gasteiger partial charge is 0.330 e. The van der Waals surface area contributed by atoms with E-state index in [1.807, 2.05) is 5.57 Å². The third-order valence-corrected chi connectivity index (χ3v) is 12.7. The summed E-state index contributed by atoms with van der Waals surface area (Å²) >= 11 is 0. The van der Waals surface area contributed by atoms with E-state index in [-0.39, 0.29) is 12.1 Å². The maximum absolute atomic E-state index is 12.6. The van der Waals surface area contributed by atoms with E-state index in [1.54, 1.807) is 6.08 Å². The number of carbonyl (C=O) groups is 1. The molecule has 4 rings (SSSR count). The molecule has 4 aliphatic rings. The molecule has 41 heavy (non-hydrogen) atoms. The number of unbranched alkanes of at least 4 members (excludes halogenated alkanes) is 7. The van der Waals surface area contributed by atoms with Gasteiger partial charge in [-0.3, -0.25) is 0 Å². The fourth-order valence-corrected chi connectivity index (χ4v) is 10.2. The second kappa shape index (κ2) is 15.1. The molecule has 0 amide bonds. The van der Waals surface area contributed by atoms with E-state index in [0.717, 1.165) is 48.9 Å². The number of rotatable bonds is 15. The van der Waals surface area contributed by atoms with Gasteiger partial charge in [-0.05, 0) is 111 Å². The SMILES string of the molecule is CCCCCCCCCC=CC(=O)OC1CC[C@@]2(C)C(CC=C3[C@@H]4CC[C@H]([C@H](C)CCCC(C)C)[C@@]4(C)CC[C@@H]32)C1. The highest BCUT2D eigenvalue weighted by molar-refractivity contribution is 5.82. The van der Waals surface area contributed by atoms with Crippen LogP contribution in [0, 0.1) is 46.3 Å². The summed E-state index contributed by atoms with van der Waals surface area (Å²) in [6.07, 6.45) is 31.2. The molecule has 2 heteroatoms. The van der Waals surface area contributed by atoms with Crippen LogP contribution >= 0.6 is 0 Å². The van der Waals surface area contributed by atoms with Crippen LogP contribution in [0.3, 0.4) is 0 Å². The van der Waals surface area contributed by atoms with Crippen LogP contribution in [-0.2, 0) is 9.53 Å². The van der Waals surface area contributed by atoms with Gasteiger partial charge in [-0.2, -0.15) is 0 Å². The fourth-order valence-electron chi connectivity index (χ4n) is 10.2. The van der Waals surface area contributed by atoms with E-state index in [1.165, 1.54) is 103 Å². The van der Waals surface area contributed by atoms with E-state index in [2.05, 4.69) is 53.7 Å². The van der Waals surface area contributed by atoms with Crippen LogP contribution < -0.4 is 0 Å². The van der Waals surface area contributed by atoms with Crippen LogP contribution in [0.2, 0.25) is 0 Å². The number of fused-ring (bicyclic) bond motifs is 5. The minimum Gasteiger partial charge on any atom is -0.459 e. The van der Waals surface area contributed by atoms with Gasteiger partial charge in [0.25, 0.3) is 0 Å². The second-order valence-electron chi connectivity index (χ2n) is 15.9. The van der Waals surface area contributed by atoms with Crippen molar-refractivity contribution in [3.63, 3.8) is 0 Å². The average Bonchev–Trinajstić information content (AvgIpc) is 3.29. The normalized spacial score (nSPS) is 35.6. The van der Waals surface area contributed by atoms with Crippen LogP contribution in [0.25, 0.3) is 0 Å². The lowest BCUT2D eigenvalue weighted by molar-refractivity contribution is -0.149. The van der Waals surface area contributed by atoms with E-state index < -0.39 is 0 Å². The Morgan fingerprint density at radius 3 is 2.37 bits per heavy atom. The molecule has 3 fully saturated rings. The van der Waals surface area contributed by atoms with Gasteiger partial charge in [-0.15, -0.1) is 0 Å². The van der Waals surface area contributed by atoms with Crippen molar-refractivity contribution >= 4 is 5.97 Å². The van der Waals surface area contributed by atoms with Gasteiger partial charge in [0, 0.05) is 6.08 Å². The van der Waals surface area contributed by atoms with Crippen molar-refractivity contribution in [1.82, 2.24) is 0 Å². The molecule has 8 atom stereocenters. The summed E-state index contributed by atoms with van der Waals surface area (Å²) < 4.78 is 6.02. The highest BCUT2D eigenvalue weighted by atomic mass is 16.5. The van der Waals surface area contributed by atoms with Crippen LogP contribution in [0.5, 0.6) is 0 Å². The number of carbonyl (C=O) groups excluding carboxylic acids is 1. The predicted molar refractivity (Wildman–Crippen MR) is 175 cm³/mol. The first-order chi connectivity index (χ1) is 19.7. The molecule has 2 nitrogen and oxygen atoms in total. The van der Waals surface area contributed by atoms with Crippen molar-refractivity contribution in [2.24, 2.45) is 46.3 Å². The first kappa shape index (κ1) is 32.9. The highest BCUT2D eigenvalue weighted by Crippen LogP contribution is 2.67. The van der Waals surface area contributed by atoms with Gasteiger partial charge < -0.3 is 4.74 Å². The van der Waals surface area contributed by atoms with Crippen LogP contribution in [0.4, 0.5) is 0 Å². The Kier molecular flexibility index (Phi) is 12.1. The first-order valence-electron chi connectivity index (χ1n) is 18.3. The molecule has 3 saturated carbocycles. The van der Waals surface area contributed by atoms with Gasteiger partial charge in [0.1, 0.15) is 6.10 Å². The lowest BCUT2D eigenvalue weighted by Gasteiger charge is -2.58. The minimum atomic E-state index is -0.110.